The molecular formula is C59H50N2O. The maximum absolute atomic E-state index is 7.10. The number of hydrogen-bond donors (Lipinski definition) is 0. The summed E-state index contributed by atoms with van der Waals surface area (Å²) in [7, 11) is 0. The predicted octanol–water partition coefficient (Wildman–Crippen LogP) is 16.2. The second-order valence-electron chi connectivity index (χ2n) is 18.3. The summed E-state index contributed by atoms with van der Waals surface area (Å²) in [6.07, 6.45) is 6.93. The number of rotatable bonds is 9. The van der Waals surface area contributed by atoms with Crippen molar-refractivity contribution in [2.24, 2.45) is 23.7 Å². The highest BCUT2D eigenvalue weighted by Gasteiger charge is 2.49. The first-order chi connectivity index (χ1) is 30.6. The van der Waals surface area contributed by atoms with Crippen molar-refractivity contribution in [2.45, 2.75) is 44.9 Å². The van der Waals surface area contributed by atoms with Crippen LogP contribution in [0.5, 0.6) is 11.5 Å². The van der Waals surface area contributed by atoms with Crippen LogP contribution in [0.15, 0.2) is 194 Å². The minimum absolute atomic E-state index is 0.545. The van der Waals surface area contributed by atoms with Crippen LogP contribution in [-0.4, -0.2) is 4.57 Å². The summed E-state index contributed by atoms with van der Waals surface area (Å²) in [5.41, 5.74) is 14.2. The SMILES string of the molecule is Cc1ccccc1Oc1cc(N(c2ccc(-c3cccc(-n4c5ccccc5c5ccccc54)c3)cc2)c2cccc(-c3ccccc3)c2)ccc1C1C2CC3CC(C2)CC1C3. The Hall–Kier alpha value is -6.84. The van der Waals surface area contributed by atoms with Gasteiger partial charge >= 0.3 is 0 Å². The second kappa shape index (κ2) is 15.3. The lowest BCUT2D eigenvalue weighted by atomic mass is 9.50. The van der Waals surface area contributed by atoms with Crippen LogP contribution in [0.2, 0.25) is 0 Å². The number of ether oxygens (including phenoxy) is 1. The molecule has 4 aliphatic carbocycles. The quantitative estimate of drug-likeness (QED) is 0.145. The molecule has 1 aromatic heterocycles. The fraction of sp³-hybridized carbons (Fsp3) is 0.186. The van der Waals surface area contributed by atoms with Crippen LogP contribution in [0.4, 0.5) is 17.1 Å². The Balaban J connectivity index is 0.966. The number of aryl methyl sites for hydroxylation is 1. The topological polar surface area (TPSA) is 17.4 Å². The second-order valence-corrected chi connectivity index (χ2v) is 18.3. The van der Waals surface area contributed by atoms with E-state index >= 15 is 0 Å². The molecule has 8 aromatic carbocycles. The molecule has 0 amide bonds. The van der Waals surface area contributed by atoms with Crippen LogP contribution in [0.3, 0.4) is 0 Å². The van der Waals surface area contributed by atoms with E-state index in [-0.39, 0.29) is 0 Å². The van der Waals surface area contributed by atoms with Gasteiger partial charge in [0.1, 0.15) is 11.5 Å². The summed E-state index contributed by atoms with van der Waals surface area (Å²) in [6, 6.07) is 70.8. The molecule has 4 aliphatic rings. The molecule has 4 saturated carbocycles. The fourth-order valence-electron chi connectivity index (χ4n) is 12.0. The largest absolute Gasteiger partial charge is 0.457 e. The van der Waals surface area contributed by atoms with E-state index in [9.17, 15) is 0 Å². The Morgan fingerprint density at radius 3 is 1.71 bits per heavy atom. The van der Waals surface area contributed by atoms with Crippen LogP contribution in [0.25, 0.3) is 49.7 Å². The minimum Gasteiger partial charge on any atom is -0.457 e. The van der Waals surface area contributed by atoms with Gasteiger partial charge in [0.05, 0.1) is 11.0 Å². The van der Waals surface area contributed by atoms with E-state index in [0.29, 0.717) is 5.92 Å². The molecule has 13 rings (SSSR count). The zero-order valence-corrected chi connectivity index (χ0v) is 35.2. The minimum atomic E-state index is 0.545. The first kappa shape index (κ1) is 37.0. The lowest BCUT2D eigenvalue weighted by Gasteiger charge is -2.54. The van der Waals surface area contributed by atoms with Crippen molar-refractivity contribution in [1.82, 2.24) is 4.57 Å². The van der Waals surface area contributed by atoms with E-state index in [4.69, 9.17) is 4.74 Å². The molecule has 9 aromatic rings. The van der Waals surface area contributed by atoms with Crippen LogP contribution < -0.4 is 9.64 Å². The highest BCUT2D eigenvalue weighted by atomic mass is 16.5. The summed E-state index contributed by atoms with van der Waals surface area (Å²) in [5.74, 6) is 5.80. The van der Waals surface area contributed by atoms with Crippen LogP contribution in [-0.2, 0) is 0 Å². The normalized spacial score (nSPS) is 20.2. The monoisotopic (exact) mass is 802 g/mol. The molecular weight excluding hydrogens is 753 g/mol. The molecule has 4 bridgehead atoms. The molecule has 0 spiro atoms. The number of fused-ring (bicyclic) bond motifs is 3. The van der Waals surface area contributed by atoms with Crippen molar-refractivity contribution in [3.63, 3.8) is 0 Å². The molecule has 4 fully saturated rings. The molecule has 0 atom stereocenters. The highest BCUT2D eigenvalue weighted by Crippen LogP contribution is 2.61. The van der Waals surface area contributed by atoms with E-state index < -0.39 is 0 Å². The number of anilines is 3. The lowest BCUT2D eigenvalue weighted by molar-refractivity contribution is -0.00335. The van der Waals surface area contributed by atoms with Gasteiger partial charge in [-0.05, 0) is 163 Å². The van der Waals surface area contributed by atoms with E-state index in [1.807, 2.05) is 0 Å². The Labute approximate surface area is 364 Å². The van der Waals surface area contributed by atoms with Gasteiger partial charge in [-0.25, -0.2) is 0 Å². The molecule has 0 aliphatic heterocycles. The first-order valence-corrected chi connectivity index (χ1v) is 22.6. The van der Waals surface area contributed by atoms with Gasteiger partial charge in [-0.15, -0.1) is 0 Å². The zero-order chi connectivity index (χ0) is 41.1. The number of hydrogen-bond acceptors (Lipinski definition) is 2. The van der Waals surface area contributed by atoms with Crippen molar-refractivity contribution in [1.29, 1.82) is 0 Å². The van der Waals surface area contributed by atoms with Gasteiger partial charge in [0.25, 0.3) is 0 Å². The van der Waals surface area contributed by atoms with Crippen LogP contribution in [0.1, 0.15) is 49.1 Å². The van der Waals surface area contributed by atoms with Gasteiger partial charge in [0, 0.05) is 39.6 Å². The van der Waals surface area contributed by atoms with Crippen molar-refractivity contribution in [2.75, 3.05) is 4.90 Å². The third-order valence-electron chi connectivity index (χ3n) is 14.5. The standard InChI is InChI=1S/C59H50N2O/c1-39-13-5-10-24-57(39)62-58-38-51(29-30-54(58)59-46-32-40-31-41(34-46)35-47(59)33-40)60(49-18-11-16-44(36-49)42-14-3-2-4-15-42)48-27-25-43(26-28-48)45-17-12-19-50(37-45)61-55-22-8-6-20-52(55)53-21-7-9-23-56(53)61/h2-30,36-38,40-41,46-47,59H,31-35H2,1H3. The Morgan fingerprint density at radius 1 is 0.435 bits per heavy atom. The molecule has 0 N–H and O–H groups in total. The van der Waals surface area contributed by atoms with Gasteiger partial charge < -0.3 is 14.2 Å². The van der Waals surface area contributed by atoms with Gasteiger partial charge in [-0.3, -0.25) is 0 Å². The van der Waals surface area contributed by atoms with E-state index in [1.54, 1.807) is 0 Å². The first-order valence-electron chi connectivity index (χ1n) is 22.6. The van der Waals surface area contributed by atoms with E-state index in [2.05, 4.69) is 211 Å². The van der Waals surface area contributed by atoms with Crippen LogP contribution >= 0.6 is 0 Å². The Kier molecular flexibility index (Phi) is 9.10. The summed E-state index contributed by atoms with van der Waals surface area (Å²) in [5, 5.41) is 2.54. The zero-order valence-electron chi connectivity index (χ0n) is 35.2. The Bertz CT molecular complexity index is 3010. The fourth-order valence-corrected chi connectivity index (χ4v) is 12.0. The summed E-state index contributed by atoms with van der Waals surface area (Å²) in [6.45, 7) is 2.16. The molecule has 62 heavy (non-hydrogen) atoms. The average molecular weight is 803 g/mol. The summed E-state index contributed by atoms with van der Waals surface area (Å²) < 4.78 is 9.49. The molecule has 1 heterocycles. The summed E-state index contributed by atoms with van der Waals surface area (Å²) in [4.78, 5) is 2.41. The van der Waals surface area contributed by atoms with E-state index in [0.717, 1.165) is 63.5 Å². The van der Waals surface area contributed by atoms with Gasteiger partial charge in [-0.1, -0.05) is 127 Å². The smallest absolute Gasteiger partial charge is 0.133 e. The number of nitrogens with zero attached hydrogens (tertiary/aromatic N) is 2. The van der Waals surface area contributed by atoms with Crippen LogP contribution in [0, 0.1) is 30.6 Å². The highest BCUT2D eigenvalue weighted by molar-refractivity contribution is 6.09. The van der Waals surface area contributed by atoms with Crippen molar-refractivity contribution < 1.29 is 4.74 Å². The molecule has 0 unspecified atom stereocenters. The summed E-state index contributed by atoms with van der Waals surface area (Å²) >= 11 is 0. The molecule has 3 heteroatoms. The predicted molar refractivity (Wildman–Crippen MR) is 257 cm³/mol. The lowest BCUT2D eigenvalue weighted by Crippen LogP contribution is -2.43. The molecule has 0 saturated heterocycles. The molecule has 0 radical (unpaired) electrons. The average Bonchev–Trinajstić information content (AvgIpc) is 3.65. The van der Waals surface area contributed by atoms with Crippen molar-refractivity contribution in [3.05, 3.63) is 205 Å². The number of aromatic nitrogens is 1. The third kappa shape index (κ3) is 6.50. The number of para-hydroxylation sites is 3. The maximum atomic E-state index is 7.10. The van der Waals surface area contributed by atoms with Crippen molar-refractivity contribution in [3.8, 4) is 39.4 Å². The van der Waals surface area contributed by atoms with Crippen molar-refractivity contribution >= 4 is 38.9 Å². The van der Waals surface area contributed by atoms with Gasteiger partial charge in [-0.2, -0.15) is 0 Å². The third-order valence-corrected chi connectivity index (χ3v) is 14.5. The molecule has 302 valence electrons. The Morgan fingerprint density at radius 2 is 1.00 bits per heavy atom. The maximum Gasteiger partial charge on any atom is 0.133 e. The van der Waals surface area contributed by atoms with Gasteiger partial charge in [0.2, 0.25) is 0 Å². The van der Waals surface area contributed by atoms with Gasteiger partial charge in [0.15, 0.2) is 0 Å². The molecule has 3 nitrogen and oxygen atoms in total. The van der Waals surface area contributed by atoms with E-state index in [1.165, 1.54) is 81.7 Å². The number of benzene rings is 8.